The van der Waals surface area contributed by atoms with Crippen LogP contribution in [0.3, 0.4) is 0 Å². The van der Waals surface area contributed by atoms with E-state index in [4.69, 9.17) is 14.2 Å². The van der Waals surface area contributed by atoms with Crippen LogP contribution in [0.15, 0.2) is 41.0 Å². The summed E-state index contributed by atoms with van der Waals surface area (Å²) in [5.74, 6) is 1.55. The van der Waals surface area contributed by atoms with E-state index >= 15 is 0 Å². The predicted molar refractivity (Wildman–Crippen MR) is 104 cm³/mol. The molecule has 3 rings (SSSR count). The van der Waals surface area contributed by atoms with Gasteiger partial charge in [0.15, 0.2) is 11.5 Å². The van der Waals surface area contributed by atoms with Crippen molar-refractivity contribution < 1.29 is 14.2 Å². The standard InChI is InChI=1S/C19H16BrN3O3/c1-24-16-7-13(8-17(25-2)19(16)26-3)23-18-11(9-21)10-22-15-6-12(20)4-5-14(15)18/h4-8,10H,1-3H3,(H,22,23). The van der Waals surface area contributed by atoms with Crippen LogP contribution in [-0.2, 0) is 0 Å². The molecule has 0 unspecified atom stereocenters. The van der Waals surface area contributed by atoms with Gasteiger partial charge in [-0.2, -0.15) is 5.26 Å². The number of nitriles is 1. The van der Waals surface area contributed by atoms with Gasteiger partial charge in [-0.1, -0.05) is 15.9 Å². The monoisotopic (exact) mass is 413 g/mol. The van der Waals surface area contributed by atoms with Crippen molar-refractivity contribution >= 4 is 38.2 Å². The number of rotatable bonds is 5. The number of benzene rings is 2. The summed E-state index contributed by atoms with van der Waals surface area (Å²) in [6, 6.07) is 11.5. The van der Waals surface area contributed by atoms with Crippen molar-refractivity contribution in [2.45, 2.75) is 0 Å². The molecule has 7 heteroatoms. The molecule has 0 saturated carbocycles. The minimum absolute atomic E-state index is 0.438. The van der Waals surface area contributed by atoms with Crippen LogP contribution in [0.2, 0.25) is 0 Å². The molecule has 0 aliphatic rings. The van der Waals surface area contributed by atoms with E-state index in [1.54, 1.807) is 39.7 Å². The van der Waals surface area contributed by atoms with Crippen molar-refractivity contribution in [1.29, 1.82) is 5.26 Å². The second-order valence-corrected chi connectivity index (χ2v) is 6.27. The van der Waals surface area contributed by atoms with E-state index in [1.807, 2.05) is 18.2 Å². The Hall–Kier alpha value is -2.98. The first kappa shape index (κ1) is 17.8. The van der Waals surface area contributed by atoms with Crippen LogP contribution in [0, 0.1) is 11.3 Å². The van der Waals surface area contributed by atoms with Crippen molar-refractivity contribution in [2.24, 2.45) is 0 Å². The van der Waals surface area contributed by atoms with Crippen LogP contribution < -0.4 is 19.5 Å². The number of halogens is 1. The molecule has 1 N–H and O–H groups in total. The highest BCUT2D eigenvalue weighted by Crippen LogP contribution is 2.41. The number of hydrogen-bond donors (Lipinski definition) is 1. The van der Waals surface area contributed by atoms with Crippen LogP contribution >= 0.6 is 15.9 Å². The molecule has 0 atom stereocenters. The summed E-state index contributed by atoms with van der Waals surface area (Å²) in [5, 5.41) is 13.6. The number of pyridine rings is 1. The molecule has 0 radical (unpaired) electrons. The maximum absolute atomic E-state index is 9.49. The highest BCUT2D eigenvalue weighted by Gasteiger charge is 2.15. The van der Waals surface area contributed by atoms with Crippen LogP contribution in [0.4, 0.5) is 11.4 Å². The van der Waals surface area contributed by atoms with Crippen LogP contribution in [0.25, 0.3) is 10.9 Å². The van der Waals surface area contributed by atoms with Gasteiger partial charge in [0.2, 0.25) is 5.75 Å². The average molecular weight is 414 g/mol. The van der Waals surface area contributed by atoms with Crippen LogP contribution in [0.5, 0.6) is 17.2 Å². The Morgan fingerprint density at radius 3 is 2.31 bits per heavy atom. The zero-order valence-electron chi connectivity index (χ0n) is 14.5. The molecule has 0 saturated heterocycles. The van der Waals surface area contributed by atoms with Gasteiger partial charge in [-0.25, -0.2) is 0 Å². The average Bonchev–Trinajstić information content (AvgIpc) is 2.67. The molecule has 1 aromatic heterocycles. The molecule has 0 bridgehead atoms. The molecule has 1 heterocycles. The molecule has 26 heavy (non-hydrogen) atoms. The molecule has 3 aromatic rings. The molecule has 0 spiro atoms. The van der Waals surface area contributed by atoms with E-state index in [0.29, 0.717) is 34.2 Å². The SMILES string of the molecule is COc1cc(Nc2c(C#N)cnc3cc(Br)ccc23)cc(OC)c1OC. The first-order valence-electron chi connectivity index (χ1n) is 7.66. The second kappa shape index (κ2) is 7.50. The summed E-state index contributed by atoms with van der Waals surface area (Å²) in [7, 11) is 4.66. The third-order valence-electron chi connectivity index (χ3n) is 3.89. The number of hydrogen-bond acceptors (Lipinski definition) is 6. The van der Waals surface area contributed by atoms with Crippen molar-refractivity contribution in [3.05, 3.63) is 46.6 Å². The maximum atomic E-state index is 9.49. The highest BCUT2D eigenvalue weighted by atomic mass is 79.9. The first-order valence-corrected chi connectivity index (χ1v) is 8.46. The van der Waals surface area contributed by atoms with Gasteiger partial charge in [0.25, 0.3) is 0 Å². The van der Waals surface area contributed by atoms with E-state index in [-0.39, 0.29) is 0 Å². The summed E-state index contributed by atoms with van der Waals surface area (Å²) in [5.41, 5.74) is 2.58. The first-order chi connectivity index (χ1) is 12.6. The van der Waals surface area contributed by atoms with Gasteiger partial charge in [0.1, 0.15) is 6.07 Å². The van der Waals surface area contributed by atoms with Crippen molar-refractivity contribution in [1.82, 2.24) is 4.98 Å². The van der Waals surface area contributed by atoms with Crippen LogP contribution in [0.1, 0.15) is 5.56 Å². The second-order valence-electron chi connectivity index (χ2n) is 5.36. The Morgan fingerprint density at radius 1 is 1.04 bits per heavy atom. The summed E-state index contributed by atoms with van der Waals surface area (Å²) < 4.78 is 17.0. The molecule has 0 aliphatic heterocycles. The summed E-state index contributed by atoms with van der Waals surface area (Å²) >= 11 is 3.44. The fraction of sp³-hybridized carbons (Fsp3) is 0.158. The van der Waals surface area contributed by atoms with E-state index < -0.39 is 0 Å². The molecule has 6 nitrogen and oxygen atoms in total. The minimum atomic E-state index is 0.438. The molecule has 0 aliphatic carbocycles. The number of ether oxygens (including phenoxy) is 3. The predicted octanol–water partition coefficient (Wildman–Crippen LogP) is 4.64. The lowest BCUT2D eigenvalue weighted by atomic mass is 10.1. The van der Waals surface area contributed by atoms with Gasteiger partial charge in [0, 0.05) is 33.9 Å². The van der Waals surface area contributed by atoms with Gasteiger partial charge >= 0.3 is 0 Å². The van der Waals surface area contributed by atoms with E-state index in [1.165, 1.54) is 0 Å². The molecular formula is C19H16BrN3O3. The maximum Gasteiger partial charge on any atom is 0.203 e. The number of aromatic nitrogens is 1. The van der Waals surface area contributed by atoms with Crippen molar-refractivity contribution in [2.75, 3.05) is 26.6 Å². The Morgan fingerprint density at radius 2 is 1.73 bits per heavy atom. The normalized spacial score (nSPS) is 10.3. The summed E-state index contributed by atoms with van der Waals surface area (Å²) in [6.45, 7) is 0. The van der Waals surface area contributed by atoms with Crippen molar-refractivity contribution in [3.63, 3.8) is 0 Å². The number of nitrogens with zero attached hydrogens (tertiary/aromatic N) is 2. The lowest BCUT2D eigenvalue weighted by Gasteiger charge is -2.16. The molecule has 132 valence electrons. The minimum Gasteiger partial charge on any atom is -0.493 e. The fourth-order valence-electron chi connectivity index (χ4n) is 2.68. The highest BCUT2D eigenvalue weighted by molar-refractivity contribution is 9.10. The molecule has 2 aromatic carbocycles. The molecular weight excluding hydrogens is 398 g/mol. The van der Waals surface area contributed by atoms with Crippen LogP contribution in [-0.4, -0.2) is 26.3 Å². The zero-order chi connectivity index (χ0) is 18.7. The van der Waals surface area contributed by atoms with Gasteiger partial charge in [-0.3, -0.25) is 4.98 Å². The Labute approximate surface area is 159 Å². The Bertz CT molecular complexity index is 990. The van der Waals surface area contributed by atoms with E-state index in [9.17, 15) is 5.26 Å². The van der Waals surface area contributed by atoms with E-state index in [0.717, 1.165) is 15.4 Å². The number of fused-ring (bicyclic) bond motifs is 1. The van der Waals surface area contributed by atoms with Gasteiger partial charge in [-0.05, 0) is 18.2 Å². The quantitative estimate of drug-likeness (QED) is 0.656. The van der Waals surface area contributed by atoms with Crippen molar-refractivity contribution in [3.8, 4) is 23.3 Å². The number of anilines is 2. The molecule has 0 amide bonds. The Kier molecular flexibility index (Phi) is 5.14. The lowest BCUT2D eigenvalue weighted by Crippen LogP contribution is -2.00. The van der Waals surface area contributed by atoms with Gasteiger partial charge in [0.05, 0.1) is 38.1 Å². The third kappa shape index (κ3) is 3.24. The number of methoxy groups -OCH3 is 3. The Balaban J connectivity index is 2.16. The largest absolute Gasteiger partial charge is 0.493 e. The van der Waals surface area contributed by atoms with Gasteiger partial charge in [-0.15, -0.1) is 0 Å². The zero-order valence-corrected chi connectivity index (χ0v) is 16.0. The topological polar surface area (TPSA) is 76.4 Å². The lowest BCUT2D eigenvalue weighted by molar-refractivity contribution is 0.324. The fourth-order valence-corrected chi connectivity index (χ4v) is 3.03. The smallest absolute Gasteiger partial charge is 0.203 e. The number of nitrogens with one attached hydrogen (secondary N) is 1. The molecule has 0 fully saturated rings. The summed E-state index contributed by atoms with van der Waals surface area (Å²) in [6.07, 6.45) is 1.55. The third-order valence-corrected chi connectivity index (χ3v) is 4.38. The van der Waals surface area contributed by atoms with E-state index in [2.05, 4.69) is 32.3 Å². The summed E-state index contributed by atoms with van der Waals surface area (Å²) in [4.78, 5) is 4.35. The van der Waals surface area contributed by atoms with Gasteiger partial charge < -0.3 is 19.5 Å².